The molecule has 7 rings (SSSR count). The Kier molecular flexibility index (Phi) is 11.6. The van der Waals surface area contributed by atoms with Crippen LogP contribution in [-0.4, -0.2) is 97.1 Å². The molecule has 3 aromatic carbocycles. The fourth-order valence-corrected chi connectivity index (χ4v) is 6.42. The summed E-state index contributed by atoms with van der Waals surface area (Å²) in [4.78, 5) is 12.6. The number of hydrogen-bond donors (Lipinski definition) is 3. The van der Waals surface area contributed by atoms with Crippen LogP contribution < -0.4 is 0 Å². The topological polar surface area (TPSA) is 160 Å². The van der Waals surface area contributed by atoms with Gasteiger partial charge in [-0.1, -0.05) is 103 Å². The van der Waals surface area contributed by atoms with E-state index in [9.17, 15) is 15.3 Å². The standard InChI is InChI=1S/C37H39ClN4O9/c38-34-28-35(40-21-39-34)42(22-41-28)36-31(45)32(27(49-36)20-47-17-24-12-6-2-7-13-24)51-37-33(48-18-25-14-8-3-9-15-25)30(44)29(43)26(50-37)19-46-16-23-10-4-1-5-11-23/h1-15,21-22,26-27,29-33,36-37,43-45H,16-20H2/t26-,27-,29-,30+,31-,32-,33-,36-,37-/m1/s1. The van der Waals surface area contributed by atoms with E-state index in [0.717, 1.165) is 16.7 Å². The van der Waals surface area contributed by atoms with Gasteiger partial charge in [0, 0.05) is 0 Å². The van der Waals surface area contributed by atoms with Crippen LogP contribution in [0.4, 0.5) is 0 Å². The third-order valence-corrected chi connectivity index (χ3v) is 9.18. The lowest BCUT2D eigenvalue weighted by molar-refractivity contribution is -0.329. The Morgan fingerprint density at radius 3 is 1.86 bits per heavy atom. The average Bonchev–Trinajstić information content (AvgIpc) is 3.72. The summed E-state index contributed by atoms with van der Waals surface area (Å²) in [6.45, 7) is 0.653. The number of rotatable bonds is 14. The Labute approximate surface area is 299 Å². The van der Waals surface area contributed by atoms with E-state index in [1.165, 1.54) is 12.7 Å². The zero-order valence-electron chi connectivity index (χ0n) is 27.5. The van der Waals surface area contributed by atoms with Crippen LogP contribution in [0.15, 0.2) is 104 Å². The van der Waals surface area contributed by atoms with Gasteiger partial charge in [-0.2, -0.15) is 0 Å². The van der Waals surface area contributed by atoms with Crippen molar-refractivity contribution in [3.8, 4) is 0 Å². The third kappa shape index (κ3) is 8.29. The molecule has 14 heteroatoms. The number of nitrogens with zero attached hydrogens (tertiary/aromatic N) is 4. The first kappa shape index (κ1) is 35.5. The van der Waals surface area contributed by atoms with Crippen molar-refractivity contribution in [1.29, 1.82) is 0 Å². The first-order valence-electron chi connectivity index (χ1n) is 16.7. The highest BCUT2D eigenvalue weighted by Gasteiger charge is 2.52. The van der Waals surface area contributed by atoms with E-state index in [1.807, 2.05) is 91.0 Å². The lowest BCUT2D eigenvalue weighted by Gasteiger charge is -2.43. The molecule has 3 N–H and O–H groups in total. The van der Waals surface area contributed by atoms with Crippen LogP contribution in [0.1, 0.15) is 22.9 Å². The monoisotopic (exact) mass is 718 g/mol. The van der Waals surface area contributed by atoms with E-state index in [4.69, 9.17) is 40.0 Å². The molecule has 0 amide bonds. The molecule has 0 aliphatic carbocycles. The molecule has 0 unspecified atom stereocenters. The zero-order valence-corrected chi connectivity index (χ0v) is 28.3. The van der Waals surface area contributed by atoms with Gasteiger partial charge < -0.3 is 43.7 Å². The zero-order chi connectivity index (χ0) is 35.2. The largest absolute Gasteiger partial charge is 0.387 e. The van der Waals surface area contributed by atoms with Gasteiger partial charge in [0.1, 0.15) is 54.6 Å². The fraction of sp³-hybridized carbons (Fsp3) is 0.378. The summed E-state index contributed by atoms with van der Waals surface area (Å²) >= 11 is 6.27. The molecule has 268 valence electrons. The Hall–Kier alpha value is -3.86. The maximum absolute atomic E-state index is 11.8. The van der Waals surface area contributed by atoms with Crippen molar-refractivity contribution in [1.82, 2.24) is 19.5 Å². The Balaban J connectivity index is 1.13. The molecule has 9 atom stereocenters. The number of fused-ring (bicyclic) bond motifs is 1. The van der Waals surface area contributed by atoms with E-state index < -0.39 is 55.2 Å². The highest BCUT2D eigenvalue weighted by Crippen LogP contribution is 2.37. The summed E-state index contributed by atoms with van der Waals surface area (Å²) in [6, 6.07) is 28.6. The van der Waals surface area contributed by atoms with Gasteiger partial charge in [-0.05, 0) is 16.7 Å². The molecule has 0 radical (unpaired) electrons. The number of aliphatic hydroxyl groups excluding tert-OH is 3. The van der Waals surface area contributed by atoms with Crippen LogP contribution in [0.25, 0.3) is 11.2 Å². The van der Waals surface area contributed by atoms with Crippen molar-refractivity contribution in [2.45, 2.75) is 75.1 Å². The Morgan fingerprint density at radius 1 is 0.647 bits per heavy atom. The molecule has 2 aromatic heterocycles. The van der Waals surface area contributed by atoms with Gasteiger partial charge in [0.05, 0.1) is 39.4 Å². The van der Waals surface area contributed by atoms with Gasteiger partial charge >= 0.3 is 0 Å². The summed E-state index contributed by atoms with van der Waals surface area (Å²) in [5.74, 6) is 0. The van der Waals surface area contributed by atoms with E-state index in [0.29, 0.717) is 17.8 Å². The molecular formula is C37H39ClN4O9. The van der Waals surface area contributed by atoms with Crippen LogP contribution in [0.3, 0.4) is 0 Å². The molecule has 0 bridgehead atoms. The predicted molar refractivity (Wildman–Crippen MR) is 183 cm³/mol. The summed E-state index contributed by atoms with van der Waals surface area (Å²) in [6.07, 6.45) is -7.58. The van der Waals surface area contributed by atoms with Gasteiger partial charge in [-0.15, -0.1) is 0 Å². The second kappa shape index (κ2) is 16.7. The fourth-order valence-electron chi connectivity index (χ4n) is 6.25. The number of imidazole rings is 1. The van der Waals surface area contributed by atoms with E-state index >= 15 is 0 Å². The predicted octanol–water partition coefficient (Wildman–Crippen LogP) is 3.59. The normalized spacial score (nSPS) is 28.0. The van der Waals surface area contributed by atoms with Crippen LogP contribution in [0.2, 0.25) is 5.15 Å². The highest BCUT2D eigenvalue weighted by atomic mass is 35.5. The van der Waals surface area contributed by atoms with Crippen LogP contribution in [0.5, 0.6) is 0 Å². The van der Waals surface area contributed by atoms with Crippen LogP contribution in [0, 0.1) is 0 Å². The number of ether oxygens (including phenoxy) is 6. The number of hydrogen-bond acceptors (Lipinski definition) is 12. The number of halogens is 1. The van der Waals surface area contributed by atoms with Gasteiger partial charge in [0.2, 0.25) is 0 Å². The van der Waals surface area contributed by atoms with Crippen molar-refractivity contribution >= 4 is 22.8 Å². The SMILES string of the molecule is O[C@@H]1[C@H](O[C@H]2O[C@H](COCc3ccccc3)[C@@H](O)[C@H](O)[C@H]2OCc2ccccc2)[C@@H](COCc2ccccc2)O[C@H]1n1cnc2c(Cl)ncnc21. The van der Waals surface area contributed by atoms with Crippen LogP contribution >= 0.6 is 11.6 Å². The summed E-state index contributed by atoms with van der Waals surface area (Å²) in [7, 11) is 0. The first-order valence-corrected chi connectivity index (χ1v) is 17.1. The minimum Gasteiger partial charge on any atom is -0.387 e. The second-order valence-electron chi connectivity index (χ2n) is 12.4. The van der Waals surface area contributed by atoms with Crippen molar-refractivity contribution in [3.63, 3.8) is 0 Å². The quantitative estimate of drug-likeness (QED) is 0.144. The summed E-state index contributed by atoms with van der Waals surface area (Å²) in [5, 5.41) is 34.6. The molecule has 13 nitrogen and oxygen atoms in total. The molecule has 0 spiro atoms. The van der Waals surface area contributed by atoms with Gasteiger partial charge in [-0.25, -0.2) is 15.0 Å². The maximum Gasteiger partial charge on any atom is 0.187 e. The maximum atomic E-state index is 11.8. The lowest BCUT2D eigenvalue weighted by Crippen LogP contribution is -2.61. The molecule has 2 aliphatic rings. The number of benzene rings is 3. The Bertz CT molecular complexity index is 1820. The molecule has 2 saturated heterocycles. The second-order valence-corrected chi connectivity index (χ2v) is 12.8. The molecule has 51 heavy (non-hydrogen) atoms. The Morgan fingerprint density at radius 2 is 1.24 bits per heavy atom. The van der Waals surface area contributed by atoms with Gasteiger partial charge in [0.25, 0.3) is 0 Å². The van der Waals surface area contributed by atoms with Gasteiger partial charge in [0.15, 0.2) is 23.3 Å². The third-order valence-electron chi connectivity index (χ3n) is 8.91. The average molecular weight is 719 g/mol. The van der Waals surface area contributed by atoms with Gasteiger partial charge in [-0.3, -0.25) is 4.57 Å². The van der Waals surface area contributed by atoms with Crippen LogP contribution in [-0.2, 0) is 48.2 Å². The first-order chi connectivity index (χ1) is 25.0. The molecule has 2 aliphatic heterocycles. The molecule has 0 saturated carbocycles. The summed E-state index contributed by atoms with van der Waals surface area (Å²) in [5.41, 5.74) is 3.44. The lowest BCUT2D eigenvalue weighted by atomic mass is 9.98. The van der Waals surface area contributed by atoms with E-state index in [2.05, 4.69) is 15.0 Å². The van der Waals surface area contributed by atoms with Crippen molar-refractivity contribution in [2.75, 3.05) is 13.2 Å². The van der Waals surface area contributed by atoms with Crippen molar-refractivity contribution < 1.29 is 43.7 Å². The number of aromatic nitrogens is 4. The molecule has 2 fully saturated rings. The van der Waals surface area contributed by atoms with Crippen molar-refractivity contribution in [3.05, 3.63) is 125 Å². The molecule has 5 aromatic rings. The van der Waals surface area contributed by atoms with E-state index in [-0.39, 0.29) is 31.6 Å². The highest BCUT2D eigenvalue weighted by molar-refractivity contribution is 6.33. The molecular weight excluding hydrogens is 680 g/mol. The summed E-state index contributed by atoms with van der Waals surface area (Å²) < 4.78 is 38.9. The minimum absolute atomic E-state index is 0.0343. The minimum atomic E-state index is -1.42. The molecule has 4 heterocycles. The smallest absolute Gasteiger partial charge is 0.187 e. The van der Waals surface area contributed by atoms with Crippen molar-refractivity contribution in [2.24, 2.45) is 0 Å². The van der Waals surface area contributed by atoms with E-state index in [1.54, 1.807) is 4.57 Å². The number of aliphatic hydroxyl groups is 3.